The molecule has 1 atom stereocenters. The molecule has 112 valence electrons. The molecule has 0 fully saturated rings. The molecule has 2 aromatic rings. The third-order valence-electron chi connectivity index (χ3n) is 3.35. The zero-order valence-corrected chi connectivity index (χ0v) is 15.7. The van der Waals surface area contributed by atoms with Crippen LogP contribution in [-0.2, 0) is 0 Å². The lowest BCUT2D eigenvalue weighted by Gasteiger charge is -2.17. The quantitative estimate of drug-likeness (QED) is 0.822. The van der Waals surface area contributed by atoms with Crippen molar-refractivity contribution in [2.75, 3.05) is 13.6 Å². The largest absolute Gasteiger partial charge is 0.319 e. The first-order chi connectivity index (χ1) is 9.93. The summed E-state index contributed by atoms with van der Waals surface area (Å²) in [7, 11) is 1.96. The number of rotatable bonds is 4. The van der Waals surface area contributed by atoms with Gasteiger partial charge in [-0.05, 0) is 70.3 Å². The molecular formula is C15H18Br2N4. The van der Waals surface area contributed by atoms with Crippen LogP contribution in [0.15, 0.2) is 21.2 Å². The molecule has 0 radical (unpaired) electrons. The van der Waals surface area contributed by atoms with Gasteiger partial charge in [-0.15, -0.1) is 0 Å². The molecule has 0 bridgehead atoms. The summed E-state index contributed by atoms with van der Waals surface area (Å²) in [6.07, 6.45) is 1.76. The zero-order valence-electron chi connectivity index (χ0n) is 12.5. The fourth-order valence-electron chi connectivity index (χ4n) is 2.53. The lowest BCUT2D eigenvalue weighted by atomic mass is 9.98. The standard InChI is InChI=1S/C15H18Br2N4/c1-8(6-18-4)13-9(2)20-15(21-10(13)3)14-12(17)5-11(16)7-19-14/h5,7-8,18H,6H2,1-4H3. The number of nitrogens with zero attached hydrogens (tertiary/aromatic N) is 3. The Labute approximate surface area is 142 Å². The van der Waals surface area contributed by atoms with Crippen molar-refractivity contribution in [3.63, 3.8) is 0 Å². The maximum absolute atomic E-state index is 4.65. The van der Waals surface area contributed by atoms with Crippen LogP contribution in [-0.4, -0.2) is 28.5 Å². The Hall–Kier alpha value is -0.850. The van der Waals surface area contributed by atoms with Crippen LogP contribution in [0.4, 0.5) is 0 Å². The third-order valence-corrected chi connectivity index (χ3v) is 4.39. The Morgan fingerprint density at radius 3 is 2.33 bits per heavy atom. The molecule has 0 saturated heterocycles. The highest BCUT2D eigenvalue weighted by Crippen LogP contribution is 2.28. The van der Waals surface area contributed by atoms with Gasteiger partial charge in [0, 0.05) is 33.1 Å². The lowest BCUT2D eigenvalue weighted by molar-refractivity contribution is 0.662. The van der Waals surface area contributed by atoms with Crippen molar-refractivity contribution in [2.45, 2.75) is 26.7 Å². The van der Waals surface area contributed by atoms with Gasteiger partial charge in [0.1, 0.15) is 5.69 Å². The van der Waals surface area contributed by atoms with E-state index < -0.39 is 0 Å². The molecule has 0 amide bonds. The van der Waals surface area contributed by atoms with Crippen molar-refractivity contribution >= 4 is 31.9 Å². The van der Waals surface area contributed by atoms with E-state index in [4.69, 9.17) is 0 Å². The summed E-state index contributed by atoms with van der Waals surface area (Å²) in [6.45, 7) is 7.16. The van der Waals surface area contributed by atoms with E-state index >= 15 is 0 Å². The Morgan fingerprint density at radius 2 is 1.81 bits per heavy atom. The second kappa shape index (κ2) is 6.94. The minimum Gasteiger partial charge on any atom is -0.319 e. The van der Waals surface area contributed by atoms with Crippen LogP contribution in [0.5, 0.6) is 0 Å². The number of nitrogens with one attached hydrogen (secondary N) is 1. The minimum atomic E-state index is 0.380. The number of likely N-dealkylation sites (N-methyl/N-ethyl adjacent to an activating group) is 1. The van der Waals surface area contributed by atoms with E-state index in [2.05, 4.69) is 59.1 Å². The van der Waals surface area contributed by atoms with Crippen LogP contribution in [0.25, 0.3) is 11.5 Å². The molecule has 0 spiro atoms. The van der Waals surface area contributed by atoms with Gasteiger partial charge in [0.15, 0.2) is 5.82 Å². The van der Waals surface area contributed by atoms with E-state index in [-0.39, 0.29) is 0 Å². The summed E-state index contributed by atoms with van der Waals surface area (Å²) in [5.41, 5.74) is 3.99. The number of hydrogen-bond acceptors (Lipinski definition) is 4. The Balaban J connectivity index is 2.49. The summed E-state index contributed by atoms with van der Waals surface area (Å²) in [6, 6.07) is 1.95. The van der Waals surface area contributed by atoms with Crippen LogP contribution in [0, 0.1) is 13.8 Å². The zero-order chi connectivity index (χ0) is 15.6. The number of hydrogen-bond donors (Lipinski definition) is 1. The van der Waals surface area contributed by atoms with Gasteiger partial charge in [-0.1, -0.05) is 6.92 Å². The van der Waals surface area contributed by atoms with Crippen LogP contribution < -0.4 is 5.32 Å². The minimum absolute atomic E-state index is 0.380. The first-order valence-electron chi connectivity index (χ1n) is 6.75. The second-order valence-corrected chi connectivity index (χ2v) is 6.84. The van der Waals surface area contributed by atoms with E-state index in [0.717, 1.165) is 32.6 Å². The van der Waals surface area contributed by atoms with E-state index in [9.17, 15) is 0 Å². The monoisotopic (exact) mass is 412 g/mol. The first kappa shape index (κ1) is 16.5. The number of aromatic nitrogens is 3. The van der Waals surface area contributed by atoms with Crippen molar-refractivity contribution in [1.29, 1.82) is 0 Å². The smallest absolute Gasteiger partial charge is 0.179 e. The number of aryl methyl sites for hydroxylation is 2. The average molecular weight is 414 g/mol. The van der Waals surface area contributed by atoms with E-state index in [1.165, 1.54) is 5.56 Å². The van der Waals surface area contributed by atoms with E-state index in [1.807, 2.05) is 27.0 Å². The molecule has 1 N–H and O–H groups in total. The van der Waals surface area contributed by atoms with Crippen LogP contribution >= 0.6 is 31.9 Å². The molecule has 0 aromatic carbocycles. The second-order valence-electron chi connectivity index (χ2n) is 5.07. The first-order valence-corrected chi connectivity index (χ1v) is 8.33. The normalized spacial score (nSPS) is 12.5. The van der Waals surface area contributed by atoms with Crippen molar-refractivity contribution < 1.29 is 0 Å². The predicted octanol–water partition coefficient (Wildman–Crippen LogP) is 4.00. The molecule has 2 aromatic heterocycles. The van der Waals surface area contributed by atoms with Gasteiger partial charge in [0.05, 0.1) is 0 Å². The highest BCUT2D eigenvalue weighted by molar-refractivity contribution is 9.11. The van der Waals surface area contributed by atoms with Crippen LogP contribution in [0.1, 0.15) is 29.8 Å². The molecule has 0 aliphatic heterocycles. The molecule has 2 rings (SSSR count). The van der Waals surface area contributed by atoms with E-state index in [1.54, 1.807) is 6.20 Å². The highest BCUT2D eigenvalue weighted by Gasteiger charge is 2.17. The number of pyridine rings is 1. The van der Waals surface area contributed by atoms with Crippen molar-refractivity contribution in [3.8, 4) is 11.5 Å². The van der Waals surface area contributed by atoms with Crippen LogP contribution in [0.2, 0.25) is 0 Å². The average Bonchev–Trinajstić information content (AvgIpc) is 2.37. The van der Waals surface area contributed by atoms with Gasteiger partial charge in [-0.3, -0.25) is 4.98 Å². The SMILES string of the molecule is CNCC(C)c1c(C)nc(-c2ncc(Br)cc2Br)nc1C. The predicted molar refractivity (Wildman–Crippen MR) is 92.5 cm³/mol. The molecule has 0 saturated carbocycles. The van der Waals surface area contributed by atoms with Gasteiger partial charge in [-0.2, -0.15) is 0 Å². The molecule has 2 heterocycles. The summed E-state index contributed by atoms with van der Waals surface area (Å²) in [5.74, 6) is 1.04. The molecule has 6 heteroatoms. The van der Waals surface area contributed by atoms with Gasteiger partial charge >= 0.3 is 0 Å². The van der Waals surface area contributed by atoms with Crippen molar-refractivity contribution in [1.82, 2.24) is 20.3 Å². The maximum Gasteiger partial charge on any atom is 0.179 e. The summed E-state index contributed by atoms with van der Waals surface area (Å²) in [5, 5.41) is 3.20. The number of halogens is 2. The van der Waals surface area contributed by atoms with Crippen LogP contribution in [0.3, 0.4) is 0 Å². The summed E-state index contributed by atoms with van der Waals surface area (Å²) in [4.78, 5) is 13.7. The highest BCUT2D eigenvalue weighted by atomic mass is 79.9. The summed E-state index contributed by atoms with van der Waals surface area (Å²) >= 11 is 6.93. The van der Waals surface area contributed by atoms with Gasteiger partial charge in [0.2, 0.25) is 0 Å². The Bertz CT molecular complexity index is 635. The molecule has 1 unspecified atom stereocenters. The molecular weight excluding hydrogens is 396 g/mol. The molecule has 21 heavy (non-hydrogen) atoms. The topological polar surface area (TPSA) is 50.7 Å². The molecule has 4 nitrogen and oxygen atoms in total. The van der Waals surface area contributed by atoms with Crippen molar-refractivity contribution in [3.05, 3.63) is 38.2 Å². The fraction of sp³-hybridized carbons (Fsp3) is 0.400. The maximum atomic E-state index is 4.65. The van der Waals surface area contributed by atoms with Crippen molar-refractivity contribution in [2.24, 2.45) is 0 Å². The van der Waals surface area contributed by atoms with Gasteiger partial charge in [0.25, 0.3) is 0 Å². The lowest BCUT2D eigenvalue weighted by Crippen LogP contribution is -2.18. The van der Waals surface area contributed by atoms with E-state index in [0.29, 0.717) is 11.7 Å². The summed E-state index contributed by atoms with van der Waals surface area (Å²) < 4.78 is 1.80. The molecule has 0 aliphatic rings. The Morgan fingerprint density at radius 1 is 1.19 bits per heavy atom. The third kappa shape index (κ3) is 3.67. The fourth-order valence-corrected chi connectivity index (χ4v) is 3.70. The van der Waals surface area contributed by atoms with Gasteiger partial charge in [-0.25, -0.2) is 9.97 Å². The molecule has 0 aliphatic carbocycles. The Kier molecular flexibility index (Phi) is 5.46. The van der Waals surface area contributed by atoms with Gasteiger partial charge < -0.3 is 5.32 Å².